The molecule has 0 unspecified atom stereocenters. The maximum atomic E-state index is 5.98. The van der Waals surface area contributed by atoms with E-state index in [4.69, 9.17) is 13.3 Å². The monoisotopic (exact) mass is 715 g/mol. The van der Waals surface area contributed by atoms with Gasteiger partial charge in [0.05, 0.1) is 0 Å². The summed E-state index contributed by atoms with van der Waals surface area (Å²) in [5.74, 6) is 1.07. The second-order valence-electron chi connectivity index (χ2n) is 14.8. The standard InChI is InChI=1S/C43H90O3SSi/c1-4-44-48(45-5-2,46-6-3)43-41-39-37-35-33-31-29-27-25-23-21-19-17-15-13-11-9-7-8-10-12-14-16-18-20-22-24-26-28-30-32-34-36-38-40-42-47/h47H,4-43H2,1-3H3. The van der Waals surface area contributed by atoms with Crippen LogP contribution in [-0.2, 0) is 13.3 Å². The number of unbranched alkanes of at least 4 members (excludes halogenated alkanes) is 34. The van der Waals surface area contributed by atoms with E-state index in [0.717, 1.165) is 11.8 Å². The van der Waals surface area contributed by atoms with Gasteiger partial charge < -0.3 is 13.3 Å². The summed E-state index contributed by atoms with van der Waals surface area (Å²) in [6, 6.07) is 0.974. The third-order valence-electron chi connectivity index (χ3n) is 10.2. The molecule has 0 aliphatic carbocycles. The van der Waals surface area contributed by atoms with Crippen molar-refractivity contribution in [2.24, 2.45) is 0 Å². The molecule has 0 saturated carbocycles. The molecule has 0 rings (SSSR count). The molecule has 0 aliphatic heterocycles. The predicted octanol–water partition coefficient (Wildman–Crippen LogP) is 15.6. The fraction of sp³-hybridized carbons (Fsp3) is 1.00. The van der Waals surface area contributed by atoms with Gasteiger partial charge in [0.1, 0.15) is 0 Å². The average molecular weight is 715 g/mol. The van der Waals surface area contributed by atoms with Crippen LogP contribution in [0.2, 0.25) is 6.04 Å². The Hall–Kier alpha value is 0.447. The van der Waals surface area contributed by atoms with Crippen LogP contribution in [0.25, 0.3) is 0 Å². The topological polar surface area (TPSA) is 27.7 Å². The van der Waals surface area contributed by atoms with E-state index in [0.29, 0.717) is 19.8 Å². The quantitative estimate of drug-likeness (QED) is 0.0387. The maximum absolute atomic E-state index is 5.98. The highest BCUT2D eigenvalue weighted by molar-refractivity contribution is 7.80. The summed E-state index contributed by atoms with van der Waals surface area (Å²) in [7, 11) is -2.42. The van der Waals surface area contributed by atoms with Gasteiger partial charge in [0.2, 0.25) is 0 Å². The van der Waals surface area contributed by atoms with Gasteiger partial charge in [-0.25, -0.2) is 0 Å². The predicted molar refractivity (Wildman–Crippen MR) is 221 cm³/mol. The molecule has 0 aromatic carbocycles. The smallest absolute Gasteiger partial charge is 0.374 e. The van der Waals surface area contributed by atoms with Crippen LogP contribution in [0, 0.1) is 0 Å². The van der Waals surface area contributed by atoms with E-state index in [9.17, 15) is 0 Å². The van der Waals surface area contributed by atoms with Crippen molar-refractivity contribution in [1.29, 1.82) is 0 Å². The molecule has 0 heterocycles. The molecular formula is C43H90O3SSi. The first kappa shape index (κ1) is 48.4. The molecule has 0 bridgehead atoms. The van der Waals surface area contributed by atoms with Gasteiger partial charge >= 0.3 is 8.80 Å². The van der Waals surface area contributed by atoms with Crippen LogP contribution in [0.1, 0.15) is 245 Å². The van der Waals surface area contributed by atoms with Gasteiger partial charge in [0, 0.05) is 25.9 Å². The van der Waals surface area contributed by atoms with Crippen molar-refractivity contribution in [3.8, 4) is 0 Å². The van der Waals surface area contributed by atoms with E-state index in [1.165, 1.54) is 225 Å². The lowest BCUT2D eigenvalue weighted by molar-refractivity contribution is 0.0706. The van der Waals surface area contributed by atoms with Crippen molar-refractivity contribution >= 4 is 21.4 Å². The lowest BCUT2D eigenvalue weighted by Crippen LogP contribution is -2.45. The third-order valence-corrected chi connectivity index (χ3v) is 13.7. The summed E-state index contributed by atoms with van der Waals surface area (Å²) in [4.78, 5) is 0. The fourth-order valence-electron chi connectivity index (χ4n) is 7.29. The van der Waals surface area contributed by atoms with Crippen molar-refractivity contribution in [2.75, 3.05) is 25.6 Å². The first-order chi connectivity index (χ1) is 23.7. The van der Waals surface area contributed by atoms with Gasteiger partial charge in [-0.15, -0.1) is 0 Å². The van der Waals surface area contributed by atoms with Crippen molar-refractivity contribution in [1.82, 2.24) is 0 Å². The van der Waals surface area contributed by atoms with E-state index in [1.807, 2.05) is 20.8 Å². The van der Waals surface area contributed by atoms with Crippen molar-refractivity contribution in [2.45, 2.75) is 252 Å². The summed E-state index contributed by atoms with van der Waals surface area (Å²) in [5, 5.41) is 0. The molecule has 0 saturated heterocycles. The molecule has 5 heteroatoms. The molecule has 0 aromatic rings. The Morgan fingerprint density at radius 2 is 0.438 bits per heavy atom. The van der Waals surface area contributed by atoms with Gasteiger partial charge in [-0.2, -0.15) is 12.6 Å². The van der Waals surface area contributed by atoms with Crippen LogP contribution >= 0.6 is 12.6 Å². The molecule has 0 atom stereocenters. The van der Waals surface area contributed by atoms with Crippen molar-refractivity contribution in [3.63, 3.8) is 0 Å². The fourth-order valence-corrected chi connectivity index (χ4v) is 10.2. The van der Waals surface area contributed by atoms with Gasteiger partial charge in [0.15, 0.2) is 0 Å². The SMILES string of the molecule is CCO[Si](CCCCCCCCCCCCCCCCCCCCCCCCCCCCCCCCCCCCCS)(OCC)OCC. The molecule has 0 radical (unpaired) electrons. The lowest BCUT2D eigenvalue weighted by atomic mass is 10.0. The van der Waals surface area contributed by atoms with Crippen molar-refractivity contribution in [3.05, 3.63) is 0 Å². The summed E-state index contributed by atoms with van der Waals surface area (Å²) in [6.45, 7) is 8.19. The molecule has 0 fully saturated rings. The highest BCUT2D eigenvalue weighted by Gasteiger charge is 2.39. The minimum Gasteiger partial charge on any atom is -0.374 e. The Balaban J connectivity index is 3.21. The minimum absolute atomic E-state index is 0.686. The van der Waals surface area contributed by atoms with Crippen LogP contribution in [0.3, 0.4) is 0 Å². The largest absolute Gasteiger partial charge is 0.500 e. The highest BCUT2D eigenvalue weighted by atomic mass is 32.1. The Morgan fingerprint density at radius 3 is 0.604 bits per heavy atom. The summed E-state index contributed by atoms with van der Waals surface area (Å²) in [6.07, 6.45) is 50.4. The zero-order valence-electron chi connectivity index (χ0n) is 33.5. The zero-order valence-corrected chi connectivity index (χ0v) is 35.4. The van der Waals surface area contributed by atoms with Gasteiger partial charge in [-0.1, -0.05) is 212 Å². The molecule has 0 spiro atoms. The Labute approximate surface area is 310 Å². The van der Waals surface area contributed by atoms with E-state index < -0.39 is 8.80 Å². The second-order valence-corrected chi connectivity index (χ2v) is 18.0. The van der Waals surface area contributed by atoms with Crippen molar-refractivity contribution < 1.29 is 13.3 Å². The maximum Gasteiger partial charge on any atom is 0.500 e. The molecule has 0 N–H and O–H groups in total. The van der Waals surface area contributed by atoms with Gasteiger partial charge in [0.25, 0.3) is 0 Å². The summed E-state index contributed by atoms with van der Waals surface area (Å²) >= 11 is 4.29. The van der Waals surface area contributed by atoms with E-state index in [1.54, 1.807) is 0 Å². The summed E-state index contributed by atoms with van der Waals surface area (Å²) in [5.41, 5.74) is 0. The van der Waals surface area contributed by atoms with Crippen LogP contribution in [0.4, 0.5) is 0 Å². The first-order valence-electron chi connectivity index (χ1n) is 22.3. The number of hydrogen-bond acceptors (Lipinski definition) is 4. The molecule has 3 nitrogen and oxygen atoms in total. The molecule has 0 amide bonds. The molecule has 48 heavy (non-hydrogen) atoms. The minimum atomic E-state index is -2.42. The molecule has 0 aromatic heterocycles. The Morgan fingerprint density at radius 1 is 0.271 bits per heavy atom. The molecule has 0 aliphatic rings. The first-order valence-corrected chi connectivity index (χ1v) is 24.8. The van der Waals surface area contributed by atoms with Gasteiger partial charge in [-0.05, 0) is 39.4 Å². The average Bonchev–Trinajstić information content (AvgIpc) is 3.08. The third kappa shape index (κ3) is 36.2. The Bertz CT molecular complexity index is 561. The van der Waals surface area contributed by atoms with Crippen LogP contribution in [-0.4, -0.2) is 34.4 Å². The van der Waals surface area contributed by atoms with E-state index in [-0.39, 0.29) is 0 Å². The van der Waals surface area contributed by atoms with E-state index >= 15 is 0 Å². The highest BCUT2D eigenvalue weighted by Crippen LogP contribution is 2.21. The number of rotatable bonds is 43. The normalized spacial score (nSPS) is 12.0. The number of hydrogen-bond donors (Lipinski definition) is 1. The Kier molecular flexibility index (Phi) is 42.3. The number of thiol groups is 1. The molecular weight excluding hydrogens is 625 g/mol. The van der Waals surface area contributed by atoms with Crippen LogP contribution in [0.5, 0.6) is 0 Å². The van der Waals surface area contributed by atoms with Gasteiger partial charge in [-0.3, -0.25) is 0 Å². The lowest BCUT2D eigenvalue weighted by Gasteiger charge is -2.28. The summed E-state index contributed by atoms with van der Waals surface area (Å²) < 4.78 is 17.9. The van der Waals surface area contributed by atoms with Crippen LogP contribution in [0.15, 0.2) is 0 Å². The molecule has 290 valence electrons. The van der Waals surface area contributed by atoms with Crippen LogP contribution < -0.4 is 0 Å². The van der Waals surface area contributed by atoms with E-state index in [2.05, 4.69) is 12.6 Å². The zero-order chi connectivity index (χ0) is 34.9. The second kappa shape index (κ2) is 41.9.